The van der Waals surface area contributed by atoms with Gasteiger partial charge in [0, 0.05) is 31.7 Å². The number of hydrogen-bond donors (Lipinski definition) is 1. The maximum atomic E-state index is 5.35. The molecule has 2 saturated heterocycles. The van der Waals surface area contributed by atoms with Gasteiger partial charge in [-0.05, 0) is 39.9 Å². The van der Waals surface area contributed by atoms with Crippen molar-refractivity contribution in [1.29, 1.82) is 0 Å². The van der Waals surface area contributed by atoms with Crippen LogP contribution in [0, 0.1) is 0 Å². The summed E-state index contributed by atoms with van der Waals surface area (Å²) in [5.41, 5.74) is 0. The highest BCUT2D eigenvalue weighted by Gasteiger charge is 2.25. The van der Waals surface area contributed by atoms with Crippen molar-refractivity contribution in [3.05, 3.63) is 0 Å². The van der Waals surface area contributed by atoms with Crippen LogP contribution in [0.3, 0.4) is 0 Å². The van der Waals surface area contributed by atoms with E-state index in [9.17, 15) is 0 Å². The largest absolute Gasteiger partial charge is 0.379 e. The monoisotopic (exact) mass is 241 g/mol. The number of rotatable bonds is 5. The smallest absolute Gasteiger partial charge is 0.0594 e. The first-order valence-electron chi connectivity index (χ1n) is 6.99. The zero-order chi connectivity index (χ0) is 12.1. The molecule has 0 radical (unpaired) electrons. The van der Waals surface area contributed by atoms with Crippen LogP contribution in [-0.2, 0) is 4.74 Å². The van der Waals surface area contributed by atoms with Crippen LogP contribution < -0.4 is 5.32 Å². The van der Waals surface area contributed by atoms with E-state index in [1.165, 1.54) is 25.9 Å². The summed E-state index contributed by atoms with van der Waals surface area (Å²) in [5, 5.41) is 3.68. The Bertz CT molecular complexity index is 209. The predicted octanol–water partition coefficient (Wildman–Crippen LogP) is 0.391. The number of likely N-dealkylation sites (N-methyl/N-ethyl adjacent to an activating group) is 1. The Balaban J connectivity index is 1.51. The van der Waals surface area contributed by atoms with E-state index in [1.807, 2.05) is 0 Å². The van der Waals surface area contributed by atoms with Gasteiger partial charge in [0.05, 0.1) is 13.2 Å². The average Bonchev–Trinajstić information content (AvgIpc) is 2.66. The molecule has 1 N–H and O–H groups in total. The fourth-order valence-corrected chi connectivity index (χ4v) is 2.78. The summed E-state index contributed by atoms with van der Waals surface area (Å²) in [7, 11) is 2.22. The third-order valence-corrected chi connectivity index (χ3v) is 4.07. The lowest BCUT2D eigenvalue weighted by atomic mass is 10.2. The first-order chi connectivity index (χ1) is 8.25. The molecule has 2 rings (SSSR count). The topological polar surface area (TPSA) is 27.7 Å². The van der Waals surface area contributed by atoms with Crippen LogP contribution in [0.1, 0.15) is 19.8 Å². The first-order valence-corrected chi connectivity index (χ1v) is 6.99. The summed E-state index contributed by atoms with van der Waals surface area (Å²) < 4.78 is 5.35. The molecule has 17 heavy (non-hydrogen) atoms. The molecule has 2 aliphatic rings. The second-order valence-electron chi connectivity index (χ2n) is 5.48. The molecular weight excluding hydrogens is 214 g/mol. The van der Waals surface area contributed by atoms with Gasteiger partial charge in [0.15, 0.2) is 0 Å². The van der Waals surface area contributed by atoms with Crippen molar-refractivity contribution in [2.75, 3.05) is 53.0 Å². The molecule has 0 aliphatic carbocycles. The Hall–Kier alpha value is -0.160. The van der Waals surface area contributed by atoms with Gasteiger partial charge in [0.25, 0.3) is 0 Å². The van der Waals surface area contributed by atoms with Gasteiger partial charge in [-0.2, -0.15) is 0 Å². The van der Waals surface area contributed by atoms with Gasteiger partial charge >= 0.3 is 0 Å². The van der Waals surface area contributed by atoms with Crippen molar-refractivity contribution < 1.29 is 4.74 Å². The molecule has 0 amide bonds. The Kier molecular flexibility index (Phi) is 5.22. The van der Waals surface area contributed by atoms with E-state index >= 15 is 0 Å². The molecule has 2 atom stereocenters. The summed E-state index contributed by atoms with van der Waals surface area (Å²) in [4.78, 5) is 4.95. The van der Waals surface area contributed by atoms with Crippen LogP contribution >= 0.6 is 0 Å². The second kappa shape index (κ2) is 6.69. The highest BCUT2D eigenvalue weighted by Crippen LogP contribution is 2.14. The molecule has 0 saturated carbocycles. The van der Waals surface area contributed by atoms with Crippen LogP contribution in [0.25, 0.3) is 0 Å². The van der Waals surface area contributed by atoms with E-state index in [0.29, 0.717) is 6.04 Å². The minimum absolute atomic E-state index is 0.708. The molecule has 0 aromatic heterocycles. The molecule has 0 aromatic rings. The Morgan fingerprint density at radius 2 is 2.06 bits per heavy atom. The van der Waals surface area contributed by atoms with Crippen LogP contribution in [0.5, 0.6) is 0 Å². The van der Waals surface area contributed by atoms with Crippen molar-refractivity contribution >= 4 is 0 Å². The lowest BCUT2D eigenvalue weighted by Gasteiger charge is -2.26. The first kappa shape index (κ1) is 13.3. The van der Waals surface area contributed by atoms with Crippen molar-refractivity contribution in [3.63, 3.8) is 0 Å². The van der Waals surface area contributed by atoms with E-state index in [0.717, 1.165) is 38.9 Å². The number of hydrogen-bond acceptors (Lipinski definition) is 4. The van der Waals surface area contributed by atoms with Gasteiger partial charge in [-0.1, -0.05) is 0 Å². The number of likely N-dealkylation sites (tertiary alicyclic amines) is 1. The molecule has 2 heterocycles. The average molecular weight is 241 g/mol. The molecule has 0 spiro atoms. The normalized spacial score (nSPS) is 32.1. The molecule has 100 valence electrons. The van der Waals surface area contributed by atoms with E-state index < -0.39 is 0 Å². The van der Waals surface area contributed by atoms with Gasteiger partial charge in [0.2, 0.25) is 0 Å². The Labute approximate surface area is 105 Å². The van der Waals surface area contributed by atoms with E-state index in [1.54, 1.807) is 0 Å². The third kappa shape index (κ3) is 4.21. The SMILES string of the molecule is CC1CC(NCCCN2CCOCC2)CN1C. The van der Waals surface area contributed by atoms with Gasteiger partial charge in [0.1, 0.15) is 0 Å². The van der Waals surface area contributed by atoms with E-state index in [2.05, 4.69) is 29.1 Å². The zero-order valence-corrected chi connectivity index (χ0v) is 11.3. The lowest BCUT2D eigenvalue weighted by molar-refractivity contribution is 0.0374. The predicted molar refractivity (Wildman–Crippen MR) is 70.4 cm³/mol. The summed E-state index contributed by atoms with van der Waals surface area (Å²) in [6.45, 7) is 9.95. The molecule has 4 nitrogen and oxygen atoms in total. The minimum Gasteiger partial charge on any atom is -0.379 e. The van der Waals surface area contributed by atoms with Crippen LogP contribution in [0.15, 0.2) is 0 Å². The quantitative estimate of drug-likeness (QED) is 0.705. The zero-order valence-electron chi connectivity index (χ0n) is 11.3. The maximum absolute atomic E-state index is 5.35. The lowest BCUT2D eigenvalue weighted by Crippen LogP contribution is -2.39. The van der Waals surface area contributed by atoms with Crippen LogP contribution in [-0.4, -0.2) is 74.9 Å². The summed E-state index contributed by atoms with van der Waals surface area (Å²) in [6, 6.07) is 1.45. The summed E-state index contributed by atoms with van der Waals surface area (Å²) in [5.74, 6) is 0. The fourth-order valence-electron chi connectivity index (χ4n) is 2.78. The van der Waals surface area contributed by atoms with E-state index in [4.69, 9.17) is 4.74 Å². The van der Waals surface area contributed by atoms with Gasteiger partial charge in [-0.3, -0.25) is 4.90 Å². The maximum Gasteiger partial charge on any atom is 0.0594 e. The summed E-state index contributed by atoms with van der Waals surface area (Å²) in [6.07, 6.45) is 2.56. The molecule has 2 unspecified atom stereocenters. The second-order valence-corrected chi connectivity index (χ2v) is 5.48. The molecule has 2 aliphatic heterocycles. The minimum atomic E-state index is 0.708. The Morgan fingerprint density at radius 3 is 2.71 bits per heavy atom. The third-order valence-electron chi connectivity index (χ3n) is 4.07. The van der Waals surface area contributed by atoms with E-state index in [-0.39, 0.29) is 0 Å². The fraction of sp³-hybridized carbons (Fsp3) is 1.00. The number of nitrogens with zero attached hydrogens (tertiary/aromatic N) is 2. The highest BCUT2D eigenvalue weighted by atomic mass is 16.5. The van der Waals surface area contributed by atoms with Crippen molar-refractivity contribution in [2.45, 2.75) is 31.8 Å². The molecule has 0 aromatic carbocycles. The van der Waals surface area contributed by atoms with Crippen molar-refractivity contribution in [1.82, 2.24) is 15.1 Å². The van der Waals surface area contributed by atoms with Crippen LogP contribution in [0.2, 0.25) is 0 Å². The van der Waals surface area contributed by atoms with Gasteiger partial charge in [-0.25, -0.2) is 0 Å². The Morgan fingerprint density at radius 1 is 1.29 bits per heavy atom. The van der Waals surface area contributed by atoms with Gasteiger partial charge < -0.3 is 15.0 Å². The summed E-state index contributed by atoms with van der Waals surface area (Å²) >= 11 is 0. The van der Waals surface area contributed by atoms with Crippen molar-refractivity contribution in [2.24, 2.45) is 0 Å². The van der Waals surface area contributed by atoms with Crippen molar-refractivity contribution in [3.8, 4) is 0 Å². The standard InChI is InChI=1S/C13H27N3O/c1-12-10-13(11-15(12)2)14-4-3-5-16-6-8-17-9-7-16/h12-14H,3-11H2,1-2H3. The van der Waals surface area contributed by atoms with Gasteiger partial charge in [-0.15, -0.1) is 0 Å². The highest BCUT2D eigenvalue weighted by molar-refractivity contribution is 4.84. The molecule has 0 bridgehead atoms. The molecular formula is C13H27N3O. The molecule has 4 heteroatoms. The number of morpholine rings is 1. The van der Waals surface area contributed by atoms with Crippen LogP contribution in [0.4, 0.5) is 0 Å². The number of ether oxygens (including phenoxy) is 1. The number of nitrogens with one attached hydrogen (secondary N) is 1. The molecule has 2 fully saturated rings.